The van der Waals surface area contributed by atoms with E-state index >= 15 is 0 Å². The van der Waals surface area contributed by atoms with E-state index < -0.39 is 5.25 Å². The van der Waals surface area contributed by atoms with Crippen LogP contribution < -0.4 is 5.32 Å². The van der Waals surface area contributed by atoms with E-state index in [0.29, 0.717) is 5.69 Å². The number of halogens is 1. The zero-order valence-corrected chi connectivity index (χ0v) is 15.6. The molecule has 0 unspecified atom stereocenters. The number of anilines is 1. The molecule has 0 aliphatic carbocycles. The molecule has 1 atom stereocenters. The monoisotopic (exact) mass is 395 g/mol. The molecule has 4 aromatic rings. The second kappa shape index (κ2) is 7.85. The summed E-state index contributed by atoms with van der Waals surface area (Å²) in [6.45, 7) is 0. The number of amides is 1. The summed E-state index contributed by atoms with van der Waals surface area (Å²) in [7, 11) is 0. The first-order valence-electron chi connectivity index (χ1n) is 8.17. The molecular weight excluding hydrogens is 381 g/mol. The predicted molar refractivity (Wildman–Crippen MR) is 107 cm³/mol. The van der Waals surface area contributed by atoms with E-state index in [0.717, 1.165) is 20.8 Å². The maximum Gasteiger partial charge on any atom is 0.242 e. The SMILES string of the molecule is O=C(Nc1ccc(F)cc1)[C@H](Sc1ncnc2sccc12)c1ccccc1. The van der Waals surface area contributed by atoms with Crippen LogP contribution in [0.5, 0.6) is 0 Å². The van der Waals surface area contributed by atoms with Gasteiger partial charge < -0.3 is 5.32 Å². The lowest BCUT2D eigenvalue weighted by Gasteiger charge is -2.17. The maximum atomic E-state index is 13.1. The third kappa shape index (κ3) is 3.99. The van der Waals surface area contributed by atoms with Crippen molar-refractivity contribution in [3.63, 3.8) is 0 Å². The Morgan fingerprint density at radius 3 is 2.59 bits per heavy atom. The predicted octanol–water partition coefficient (Wildman–Crippen LogP) is 5.30. The molecule has 2 aromatic heterocycles. The molecule has 0 aliphatic heterocycles. The fourth-order valence-electron chi connectivity index (χ4n) is 2.61. The molecular formula is C20H14FN3OS2. The van der Waals surface area contributed by atoms with Gasteiger partial charge in [-0.2, -0.15) is 0 Å². The van der Waals surface area contributed by atoms with Crippen LogP contribution in [0.4, 0.5) is 10.1 Å². The summed E-state index contributed by atoms with van der Waals surface area (Å²) in [5.41, 5.74) is 1.41. The van der Waals surface area contributed by atoms with Crippen molar-refractivity contribution in [2.45, 2.75) is 10.3 Å². The number of carbonyl (C=O) groups excluding carboxylic acids is 1. The molecule has 134 valence electrons. The van der Waals surface area contributed by atoms with Crippen LogP contribution in [0.15, 0.2) is 77.4 Å². The molecule has 0 saturated carbocycles. The van der Waals surface area contributed by atoms with Crippen molar-refractivity contribution in [1.29, 1.82) is 0 Å². The molecule has 2 heterocycles. The van der Waals surface area contributed by atoms with Crippen LogP contribution in [0.1, 0.15) is 10.8 Å². The number of thioether (sulfide) groups is 1. The topological polar surface area (TPSA) is 54.9 Å². The zero-order valence-electron chi connectivity index (χ0n) is 14.0. The minimum Gasteiger partial charge on any atom is -0.325 e. The Morgan fingerprint density at radius 1 is 1.04 bits per heavy atom. The van der Waals surface area contributed by atoms with Gasteiger partial charge in [-0.15, -0.1) is 11.3 Å². The standard InChI is InChI=1S/C20H14FN3OS2/c21-14-6-8-15(9-7-14)24-18(25)17(13-4-2-1-3-5-13)27-20-16-10-11-26-19(16)22-12-23-20/h1-12,17H,(H,24,25)/t17-/m1/s1. The number of rotatable bonds is 5. The lowest BCUT2D eigenvalue weighted by atomic mass is 10.1. The van der Waals surface area contributed by atoms with Crippen molar-refractivity contribution in [1.82, 2.24) is 9.97 Å². The highest BCUT2D eigenvalue weighted by Crippen LogP contribution is 2.38. The van der Waals surface area contributed by atoms with E-state index in [2.05, 4.69) is 15.3 Å². The first kappa shape index (κ1) is 17.6. The molecule has 0 spiro atoms. The van der Waals surface area contributed by atoms with Crippen LogP contribution in [0.25, 0.3) is 10.2 Å². The molecule has 1 amide bonds. The fraction of sp³-hybridized carbons (Fsp3) is 0.0500. The number of nitrogens with one attached hydrogen (secondary N) is 1. The van der Waals surface area contributed by atoms with Gasteiger partial charge in [0.1, 0.15) is 27.3 Å². The maximum absolute atomic E-state index is 13.1. The van der Waals surface area contributed by atoms with Crippen LogP contribution >= 0.6 is 23.1 Å². The summed E-state index contributed by atoms with van der Waals surface area (Å²) in [5, 5.41) is 6.00. The van der Waals surface area contributed by atoms with Gasteiger partial charge >= 0.3 is 0 Å². The second-order valence-electron chi connectivity index (χ2n) is 5.72. The van der Waals surface area contributed by atoms with Crippen LogP contribution in [0.3, 0.4) is 0 Å². The molecule has 0 aliphatic rings. The molecule has 2 aromatic carbocycles. The van der Waals surface area contributed by atoms with Crippen LogP contribution in [-0.2, 0) is 4.79 Å². The lowest BCUT2D eigenvalue weighted by molar-refractivity contribution is -0.115. The van der Waals surface area contributed by atoms with E-state index in [1.54, 1.807) is 12.1 Å². The summed E-state index contributed by atoms with van der Waals surface area (Å²) in [6.07, 6.45) is 1.51. The largest absolute Gasteiger partial charge is 0.325 e. The van der Waals surface area contributed by atoms with Gasteiger partial charge in [0.05, 0.1) is 0 Å². The van der Waals surface area contributed by atoms with Crippen molar-refractivity contribution in [3.05, 3.63) is 83.8 Å². The normalized spacial score (nSPS) is 12.0. The molecule has 0 fully saturated rings. The van der Waals surface area contributed by atoms with Gasteiger partial charge in [-0.1, -0.05) is 42.1 Å². The Hall–Kier alpha value is -2.77. The molecule has 0 bridgehead atoms. The van der Waals surface area contributed by atoms with Crippen molar-refractivity contribution in [3.8, 4) is 0 Å². The number of fused-ring (bicyclic) bond motifs is 1. The van der Waals surface area contributed by atoms with Gasteiger partial charge in [-0.3, -0.25) is 4.79 Å². The smallest absolute Gasteiger partial charge is 0.242 e. The van der Waals surface area contributed by atoms with Gasteiger partial charge in [0.25, 0.3) is 0 Å². The Labute approximate surface area is 163 Å². The highest BCUT2D eigenvalue weighted by Gasteiger charge is 2.24. The molecule has 0 radical (unpaired) electrons. The minimum absolute atomic E-state index is 0.195. The van der Waals surface area contributed by atoms with E-state index in [9.17, 15) is 9.18 Å². The van der Waals surface area contributed by atoms with Gasteiger partial charge in [-0.05, 0) is 41.3 Å². The second-order valence-corrected chi connectivity index (χ2v) is 7.71. The molecule has 7 heteroatoms. The minimum atomic E-state index is -0.505. The molecule has 0 saturated heterocycles. The number of hydrogen-bond donors (Lipinski definition) is 1. The molecule has 4 rings (SSSR count). The van der Waals surface area contributed by atoms with Crippen LogP contribution in [0.2, 0.25) is 0 Å². The molecule has 1 N–H and O–H groups in total. The number of benzene rings is 2. The van der Waals surface area contributed by atoms with Crippen LogP contribution in [0, 0.1) is 5.82 Å². The number of nitrogens with zero attached hydrogens (tertiary/aromatic N) is 2. The average Bonchev–Trinajstić information content (AvgIpc) is 3.18. The number of aromatic nitrogens is 2. The fourth-order valence-corrected chi connectivity index (χ4v) is 4.49. The Balaban J connectivity index is 1.66. The Morgan fingerprint density at radius 2 is 1.81 bits per heavy atom. The Kier molecular flexibility index (Phi) is 5.13. The van der Waals surface area contributed by atoms with Crippen molar-refractivity contribution >= 4 is 44.9 Å². The lowest BCUT2D eigenvalue weighted by Crippen LogP contribution is -2.19. The molecule has 4 nitrogen and oxygen atoms in total. The van der Waals surface area contributed by atoms with Gasteiger partial charge in [-0.25, -0.2) is 14.4 Å². The number of thiophene rings is 1. The summed E-state index contributed by atoms with van der Waals surface area (Å²) in [6, 6.07) is 17.2. The van der Waals surface area contributed by atoms with E-state index in [1.807, 2.05) is 41.8 Å². The summed E-state index contributed by atoms with van der Waals surface area (Å²) in [4.78, 5) is 22.5. The van der Waals surface area contributed by atoms with Crippen molar-refractivity contribution in [2.75, 3.05) is 5.32 Å². The summed E-state index contributed by atoms with van der Waals surface area (Å²) < 4.78 is 13.1. The highest BCUT2D eigenvalue weighted by molar-refractivity contribution is 8.00. The van der Waals surface area contributed by atoms with Crippen molar-refractivity contribution in [2.24, 2.45) is 0 Å². The summed E-state index contributed by atoms with van der Waals surface area (Å²) in [5.74, 6) is -0.539. The zero-order chi connectivity index (χ0) is 18.6. The first-order valence-corrected chi connectivity index (χ1v) is 9.93. The molecule has 27 heavy (non-hydrogen) atoms. The highest BCUT2D eigenvalue weighted by atomic mass is 32.2. The quantitative estimate of drug-likeness (QED) is 0.368. The third-order valence-corrected chi connectivity index (χ3v) is 6.00. The van der Waals surface area contributed by atoms with Crippen LogP contribution in [-0.4, -0.2) is 15.9 Å². The van der Waals surface area contributed by atoms with E-state index in [-0.39, 0.29) is 11.7 Å². The third-order valence-electron chi connectivity index (χ3n) is 3.91. The van der Waals surface area contributed by atoms with E-state index in [4.69, 9.17) is 0 Å². The van der Waals surface area contributed by atoms with E-state index in [1.165, 1.54) is 41.6 Å². The van der Waals surface area contributed by atoms with Gasteiger partial charge in [0.2, 0.25) is 5.91 Å². The van der Waals surface area contributed by atoms with Gasteiger partial charge in [0.15, 0.2) is 0 Å². The van der Waals surface area contributed by atoms with Crippen molar-refractivity contribution < 1.29 is 9.18 Å². The number of carbonyl (C=O) groups is 1. The Bertz CT molecular complexity index is 1070. The van der Waals surface area contributed by atoms with Gasteiger partial charge in [0, 0.05) is 11.1 Å². The summed E-state index contributed by atoms with van der Waals surface area (Å²) >= 11 is 2.91. The number of hydrogen-bond acceptors (Lipinski definition) is 5. The average molecular weight is 395 g/mol. The first-order chi connectivity index (χ1) is 13.2.